The molecule has 1 aliphatic heterocycles. The van der Waals surface area contributed by atoms with Crippen molar-refractivity contribution in [1.82, 2.24) is 20.1 Å². The van der Waals surface area contributed by atoms with Gasteiger partial charge in [-0.05, 0) is 56.9 Å². The summed E-state index contributed by atoms with van der Waals surface area (Å²) in [7, 11) is 1.71. The second-order valence-corrected chi connectivity index (χ2v) is 8.95. The Morgan fingerprint density at radius 1 is 1.24 bits per heavy atom. The molecule has 1 aliphatic rings. The van der Waals surface area contributed by atoms with Gasteiger partial charge in [-0.15, -0.1) is 5.10 Å². The molecular formula is C26H30N6O2. The summed E-state index contributed by atoms with van der Waals surface area (Å²) in [4.78, 5) is 18.4. The third kappa shape index (κ3) is 4.19. The highest BCUT2D eigenvalue weighted by Gasteiger charge is 2.38. The number of carbonyl (C=O) groups excluding carboxylic acids is 1. The number of piperidine rings is 1. The number of methoxy groups -OCH3 is 1. The highest BCUT2D eigenvalue weighted by molar-refractivity contribution is 5.93. The molecule has 1 aromatic carbocycles. The molecule has 1 amide bonds. The average Bonchev–Trinajstić information content (AvgIpc) is 2.85. The van der Waals surface area contributed by atoms with Crippen LogP contribution in [0.5, 0.6) is 0 Å². The Bertz CT molecular complexity index is 1270. The number of likely N-dealkylation sites (tertiary alicyclic amines) is 1. The molecule has 8 nitrogen and oxygen atoms in total. The average molecular weight is 459 g/mol. The SMILES string of the molecule is COC1(c2cc3c(N[C@H](C)c4cccc(C#N)c4C)nnc(C)c3cn2)CCN(C(C)=O)CC1. The van der Waals surface area contributed by atoms with Crippen molar-refractivity contribution in [3.05, 3.63) is 58.5 Å². The van der Waals surface area contributed by atoms with Crippen LogP contribution in [0.2, 0.25) is 0 Å². The smallest absolute Gasteiger partial charge is 0.219 e. The first-order valence-electron chi connectivity index (χ1n) is 11.5. The van der Waals surface area contributed by atoms with Crippen molar-refractivity contribution in [3.63, 3.8) is 0 Å². The second-order valence-electron chi connectivity index (χ2n) is 8.95. The molecule has 1 atom stereocenters. The molecule has 0 unspecified atom stereocenters. The van der Waals surface area contributed by atoms with Crippen LogP contribution in [0.25, 0.3) is 10.8 Å². The van der Waals surface area contributed by atoms with E-state index in [1.165, 1.54) is 0 Å². The largest absolute Gasteiger partial charge is 0.372 e. The molecule has 0 bridgehead atoms. The minimum atomic E-state index is -0.558. The third-order valence-electron chi connectivity index (χ3n) is 7.04. The minimum absolute atomic E-state index is 0.0818. The van der Waals surface area contributed by atoms with Gasteiger partial charge < -0.3 is 15.0 Å². The number of hydrogen-bond donors (Lipinski definition) is 1. The summed E-state index contributed by atoms with van der Waals surface area (Å²) in [6, 6.07) is 9.96. The van der Waals surface area contributed by atoms with Gasteiger partial charge in [-0.3, -0.25) is 9.78 Å². The van der Waals surface area contributed by atoms with E-state index in [9.17, 15) is 10.1 Å². The van der Waals surface area contributed by atoms with Gasteiger partial charge in [0.1, 0.15) is 5.60 Å². The molecule has 2 aromatic heterocycles. The predicted molar refractivity (Wildman–Crippen MR) is 130 cm³/mol. The van der Waals surface area contributed by atoms with Gasteiger partial charge >= 0.3 is 0 Å². The minimum Gasteiger partial charge on any atom is -0.372 e. The van der Waals surface area contributed by atoms with Gasteiger partial charge in [-0.1, -0.05) is 12.1 Å². The van der Waals surface area contributed by atoms with Crippen molar-refractivity contribution in [2.75, 3.05) is 25.5 Å². The number of nitrogens with zero attached hydrogens (tertiary/aromatic N) is 5. The number of carbonyl (C=O) groups is 1. The fourth-order valence-corrected chi connectivity index (χ4v) is 4.80. The number of nitrogens with one attached hydrogen (secondary N) is 1. The molecule has 0 saturated carbocycles. The fourth-order valence-electron chi connectivity index (χ4n) is 4.80. The van der Waals surface area contributed by atoms with Crippen molar-refractivity contribution < 1.29 is 9.53 Å². The quantitative estimate of drug-likeness (QED) is 0.612. The maximum Gasteiger partial charge on any atom is 0.219 e. The Kier molecular flexibility index (Phi) is 6.49. The van der Waals surface area contributed by atoms with Crippen LogP contribution in [-0.4, -0.2) is 46.2 Å². The summed E-state index contributed by atoms with van der Waals surface area (Å²) in [5, 5.41) is 23.5. The van der Waals surface area contributed by atoms with E-state index < -0.39 is 5.60 Å². The second kappa shape index (κ2) is 9.35. The molecule has 0 aliphatic carbocycles. The van der Waals surface area contributed by atoms with Crippen molar-refractivity contribution in [2.24, 2.45) is 0 Å². The molecule has 4 rings (SSSR count). The number of rotatable bonds is 5. The summed E-state index contributed by atoms with van der Waals surface area (Å²) in [6.07, 6.45) is 3.20. The molecule has 34 heavy (non-hydrogen) atoms. The summed E-state index contributed by atoms with van der Waals surface area (Å²) in [5.74, 6) is 0.740. The van der Waals surface area contributed by atoms with E-state index in [0.29, 0.717) is 37.3 Å². The highest BCUT2D eigenvalue weighted by atomic mass is 16.5. The maximum atomic E-state index is 11.8. The molecule has 8 heteroatoms. The number of pyridine rings is 1. The number of aryl methyl sites for hydroxylation is 1. The summed E-state index contributed by atoms with van der Waals surface area (Å²) >= 11 is 0. The van der Waals surface area contributed by atoms with Crippen molar-refractivity contribution in [1.29, 1.82) is 5.26 Å². The molecule has 3 heterocycles. The molecule has 0 radical (unpaired) electrons. The number of hydrogen-bond acceptors (Lipinski definition) is 7. The predicted octanol–water partition coefficient (Wildman–Crippen LogP) is 4.17. The van der Waals surface area contributed by atoms with E-state index in [1.54, 1.807) is 14.0 Å². The van der Waals surface area contributed by atoms with Gasteiger partial charge in [0.15, 0.2) is 5.82 Å². The highest BCUT2D eigenvalue weighted by Crippen LogP contribution is 2.37. The Morgan fingerprint density at radius 3 is 2.62 bits per heavy atom. The first-order chi connectivity index (χ1) is 16.3. The van der Waals surface area contributed by atoms with E-state index in [4.69, 9.17) is 9.72 Å². The lowest BCUT2D eigenvalue weighted by Crippen LogP contribution is -2.45. The van der Waals surface area contributed by atoms with Crippen LogP contribution >= 0.6 is 0 Å². The zero-order valence-corrected chi connectivity index (χ0v) is 20.3. The first-order valence-corrected chi connectivity index (χ1v) is 11.5. The van der Waals surface area contributed by atoms with Gasteiger partial charge in [0.2, 0.25) is 5.91 Å². The van der Waals surface area contributed by atoms with Crippen LogP contribution < -0.4 is 5.32 Å². The Balaban J connectivity index is 1.72. The Labute approximate surface area is 200 Å². The van der Waals surface area contributed by atoms with Gasteiger partial charge in [0.25, 0.3) is 0 Å². The van der Waals surface area contributed by atoms with Gasteiger partial charge in [0, 0.05) is 44.1 Å². The molecular weight excluding hydrogens is 428 g/mol. The van der Waals surface area contributed by atoms with Gasteiger partial charge in [-0.25, -0.2) is 0 Å². The van der Waals surface area contributed by atoms with Crippen LogP contribution in [0.3, 0.4) is 0 Å². The molecule has 176 valence electrons. The van der Waals surface area contributed by atoms with Crippen LogP contribution in [0.15, 0.2) is 30.5 Å². The number of anilines is 1. The number of benzene rings is 1. The number of ether oxygens (including phenoxy) is 1. The third-order valence-corrected chi connectivity index (χ3v) is 7.04. The van der Waals surface area contributed by atoms with Crippen LogP contribution in [-0.2, 0) is 15.1 Å². The normalized spacial score (nSPS) is 16.2. The zero-order chi connectivity index (χ0) is 24.5. The standard InChI is InChI=1S/C26H30N6O2/c1-16-20(14-27)7-6-8-21(16)17(2)29-25-22-13-24(28-15-23(22)18(3)30-31-25)26(34-5)9-11-32(12-10-26)19(4)33/h6-8,13,15,17H,9-12H2,1-5H3,(H,29,31)/t17-/m1/s1. The summed E-state index contributed by atoms with van der Waals surface area (Å²) in [5.41, 5.74) is 3.72. The first kappa shape index (κ1) is 23.6. The monoisotopic (exact) mass is 458 g/mol. The van der Waals surface area contributed by atoms with Crippen molar-refractivity contribution in [3.8, 4) is 6.07 Å². The molecule has 1 N–H and O–H groups in total. The van der Waals surface area contributed by atoms with E-state index >= 15 is 0 Å². The summed E-state index contributed by atoms with van der Waals surface area (Å²) in [6.45, 7) is 8.79. The molecule has 0 spiro atoms. The van der Waals surface area contributed by atoms with Crippen molar-refractivity contribution >= 4 is 22.5 Å². The van der Waals surface area contributed by atoms with Crippen molar-refractivity contribution in [2.45, 2.75) is 52.2 Å². The number of fused-ring (bicyclic) bond motifs is 1. The molecule has 1 fully saturated rings. The zero-order valence-electron chi connectivity index (χ0n) is 20.3. The molecule has 3 aromatic rings. The topological polar surface area (TPSA) is 104 Å². The number of nitriles is 1. The summed E-state index contributed by atoms with van der Waals surface area (Å²) < 4.78 is 6.02. The van der Waals surface area contributed by atoms with Gasteiger partial charge in [-0.2, -0.15) is 10.4 Å². The van der Waals surface area contributed by atoms with E-state index in [-0.39, 0.29) is 11.9 Å². The Morgan fingerprint density at radius 2 is 1.97 bits per heavy atom. The number of amides is 1. The molecule has 1 saturated heterocycles. The van der Waals surface area contributed by atoms with E-state index in [0.717, 1.165) is 33.3 Å². The van der Waals surface area contributed by atoms with Gasteiger partial charge in [0.05, 0.1) is 29.1 Å². The number of aromatic nitrogens is 3. The van der Waals surface area contributed by atoms with Crippen LogP contribution in [0, 0.1) is 25.2 Å². The maximum absolute atomic E-state index is 11.8. The van der Waals surface area contributed by atoms with Crippen LogP contribution in [0.4, 0.5) is 5.82 Å². The lowest BCUT2D eigenvalue weighted by molar-refractivity contribution is -0.135. The van der Waals surface area contributed by atoms with E-state index in [1.807, 2.05) is 56.1 Å². The lowest BCUT2D eigenvalue weighted by Gasteiger charge is -2.40. The van der Waals surface area contributed by atoms with E-state index in [2.05, 4.69) is 21.6 Å². The fraction of sp³-hybridized carbons (Fsp3) is 0.423. The Hall–Kier alpha value is -3.57. The van der Waals surface area contributed by atoms with Crippen LogP contribution in [0.1, 0.15) is 60.8 Å². The lowest BCUT2D eigenvalue weighted by atomic mass is 9.86.